The van der Waals surface area contributed by atoms with Crippen LogP contribution in [0.5, 0.6) is 0 Å². The molecule has 1 aromatic heterocycles. The normalized spacial score (nSPS) is 11.2. The van der Waals surface area contributed by atoms with Crippen molar-refractivity contribution in [1.82, 2.24) is 9.97 Å². The van der Waals surface area contributed by atoms with E-state index in [9.17, 15) is 4.79 Å². The van der Waals surface area contributed by atoms with Crippen molar-refractivity contribution in [3.05, 3.63) is 40.9 Å². The lowest BCUT2D eigenvalue weighted by molar-refractivity contribution is -0.134. The number of benzene rings is 1. The molecule has 0 fully saturated rings. The number of carbonyl (C=O) groups excluding carboxylic acids is 1. The van der Waals surface area contributed by atoms with Crippen LogP contribution < -0.4 is 5.32 Å². The van der Waals surface area contributed by atoms with E-state index in [1.165, 1.54) is 24.9 Å². The molecular formula is C20H24ClN3O2S. The number of carbonyl (C=O) groups is 1. The Labute approximate surface area is 169 Å². The van der Waals surface area contributed by atoms with Gasteiger partial charge in [-0.2, -0.15) is 0 Å². The predicted molar refractivity (Wildman–Crippen MR) is 113 cm³/mol. The summed E-state index contributed by atoms with van der Waals surface area (Å²) in [5, 5.41) is 4.70. The van der Waals surface area contributed by atoms with Crippen LogP contribution >= 0.6 is 23.4 Å². The van der Waals surface area contributed by atoms with Crippen LogP contribution in [-0.4, -0.2) is 35.3 Å². The maximum atomic E-state index is 11.7. The van der Waals surface area contributed by atoms with Crippen LogP contribution in [0.25, 0.3) is 17.3 Å². The highest BCUT2D eigenvalue weighted by atomic mass is 35.5. The highest BCUT2D eigenvalue weighted by Crippen LogP contribution is 2.34. The Kier molecular flexibility index (Phi) is 8.13. The summed E-state index contributed by atoms with van der Waals surface area (Å²) in [6.07, 6.45) is 6.89. The van der Waals surface area contributed by atoms with Crippen molar-refractivity contribution in [2.75, 3.05) is 18.7 Å². The Morgan fingerprint density at radius 1 is 1.30 bits per heavy atom. The summed E-state index contributed by atoms with van der Waals surface area (Å²) in [6, 6.07) is 7.77. The lowest BCUT2D eigenvalue weighted by Crippen LogP contribution is -2.19. The average molecular weight is 406 g/mol. The SMILES string of the molecule is CCC(CC)Nc1nc(SC)nc(-c2ccccc2Cl)c1/C=C/C(=O)OC. The zero-order valence-electron chi connectivity index (χ0n) is 16.0. The van der Waals surface area contributed by atoms with Crippen LogP contribution in [-0.2, 0) is 9.53 Å². The van der Waals surface area contributed by atoms with Gasteiger partial charge in [0.05, 0.1) is 12.8 Å². The summed E-state index contributed by atoms with van der Waals surface area (Å²) in [6.45, 7) is 4.24. The first kappa shape index (κ1) is 21.3. The van der Waals surface area contributed by atoms with Crippen molar-refractivity contribution >= 4 is 41.2 Å². The number of anilines is 1. The van der Waals surface area contributed by atoms with Crippen LogP contribution in [0.2, 0.25) is 5.02 Å². The van der Waals surface area contributed by atoms with Gasteiger partial charge in [0.15, 0.2) is 5.16 Å². The molecule has 0 atom stereocenters. The number of halogens is 1. The second-order valence-corrected chi connectivity index (χ2v) is 7.00. The van der Waals surface area contributed by atoms with Gasteiger partial charge in [-0.1, -0.05) is 55.4 Å². The molecular weight excluding hydrogens is 382 g/mol. The number of methoxy groups -OCH3 is 1. The van der Waals surface area contributed by atoms with Crippen LogP contribution in [0.4, 0.5) is 5.82 Å². The smallest absolute Gasteiger partial charge is 0.330 e. The summed E-state index contributed by atoms with van der Waals surface area (Å²) < 4.78 is 4.73. The molecule has 0 aliphatic carbocycles. The third-order valence-electron chi connectivity index (χ3n) is 4.15. The third-order valence-corrected chi connectivity index (χ3v) is 5.03. The largest absolute Gasteiger partial charge is 0.466 e. The number of rotatable bonds is 8. The summed E-state index contributed by atoms with van der Waals surface area (Å²) >= 11 is 7.88. The van der Waals surface area contributed by atoms with Crippen LogP contribution in [0.1, 0.15) is 32.3 Å². The zero-order valence-corrected chi connectivity index (χ0v) is 17.5. The van der Waals surface area contributed by atoms with E-state index >= 15 is 0 Å². The molecule has 27 heavy (non-hydrogen) atoms. The molecule has 0 amide bonds. The van der Waals surface area contributed by atoms with E-state index in [0.29, 0.717) is 27.3 Å². The fourth-order valence-corrected chi connectivity index (χ4v) is 3.16. The number of ether oxygens (including phenoxy) is 1. The molecule has 2 rings (SSSR count). The summed E-state index contributed by atoms with van der Waals surface area (Å²) in [5.74, 6) is 0.237. The van der Waals surface area contributed by atoms with Crippen molar-refractivity contribution in [2.45, 2.75) is 37.9 Å². The first-order valence-electron chi connectivity index (χ1n) is 8.77. The molecule has 1 heterocycles. The van der Waals surface area contributed by atoms with E-state index in [2.05, 4.69) is 29.1 Å². The number of hydrogen-bond donors (Lipinski definition) is 1. The number of hydrogen-bond acceptors (Lipinski definition) is 6. The van der Waals surface area contributed by atoms with Gasteiger partial charge in [0.1, 0.15) is 5.82 Å². The van der Waals surface area contributed by atoms with Crippen LogP contribution in [0, 0.1) is 0 Å². The van der Waals surface area contributed by atoms with Gasteiger partial charge in [-0.3, -0.25) is 0 Å². The fraction of sp³-hybridized carbons (Fsp3) is 0.350. The van der Waals surface area contributed by atoms with Crippen molar-refractivity contribution in [1.29, 1.82) is 0 Å². The van der Waals surface area contributed by atoms with Crippen LogP contribution in [0.3, 0.4) is 0 Å². The van der Waals surface area contributed by atoms with Crippen molar-refractivity contribution in [3.8, 4) is 11.3 Å². The third kappa shape index (κ3) is 5.47. The van der Waals surface area contributed by atoms with E-state index in [-0.39, 0.29) is 6.04 Å². The molecule has 2 aromatic rings. The molecule has 0 aliphatic heterocycles. The van der Waals surface area contributed by atoms with Gasteiger partial charge in [-0.05, 0) is 31.2 Å². The molecule has 1 N–H and O–H groups in total. The average Bonchev–Trinajstić information content (AvgIpc) is 2.70. The first-order chi connectivity index (χ1) is 13.0. The molecule has 0 saturated carbocycles. The molecule has 0 aliphatic rings. The van der Waals surface area contributed by atoms with E-state index in [4.69, 9.17) is 16.3 Å². The van der Waals surface area contributed by atoms with Crippen molar-refractivity contribution in [3.63, 3.8) is 0 Å². The minimum atomic E-state index is -0.442. The molecule has 0 bridgehead atoms. The summed E-state index contributed by atoms with van der Waals surface area (Å²) in [4.78, 5) is 21.0. The Bertz CT molecular complexity index is 823. The monoisotopic (exact) mass is 405 g/mol. The number of aromatic nitrogens is 2. The standard InChI is InChI=1S/C20H24ClN3O2S/c1-5-13(6-2)22-19-15(11-12-17(25)26-3)18(23-20(24-19)27-4)14-9-7-8-10-16(14)21/h7-13H,5-6H2,1-4H3,(H,22,23,24)/b12-11+. The Balaban J connectivity index is 2.70. The Hall–Kier alpha value is -2.05. The lowest BCUT2D eigenvalue weighted by atomic mass is 10.0. The molecule has 7 heteroatoms. The molecule has 5 nitrogen and oxygen atoms in total. The van der Waals surface area contributed by atoms with E-state index in [0.717, 1.165) is 18.4 Å². The second kappa shape index (κ2) is 10.3. The molecule has 0 unspecified atom stereocenters. The Morgan fingerprint density at radius 3 is 2.59 bits per heavy atom. The zero-order chi connectivity index (χ0) is 19.8. The topological polar surface area (TPSA) is 64.1 Å². The molecule has 0 radical (unpaired) electrons. The van der Waals surface area contributed by atoms with Gasteiger partial charge in [-0.15, -0.1) is 0 Å². The minimum absolute atomic E-state index is 0.263. The van der Waals surface area contributed by atoms with Gasteiger partial charge >= 0.3 is 5.97 Å². The number of thioether (sulfide) groups is 1. The highest BCUT2D eigenvalue weighted by molar-refractivity contribution is 7.98. The van der Waals surface area contributed by atoms with Gasteiger partial charge in [0, 0.05) is 28.3 Å². The highest BCUT2D eigenvalue weighted by Gasteiger charge is 2.18. The maximum absolute atomic E-state index is 11.7. The maximum Gasteiger partial charge on any atom is 0.330 e. The van der Waals surface area contributed by atoms with Crippen molar-refractivity contribution < 1.29 is 9.53 Å². The molecule has 144 valence electrons. The van der Waals surface area contributed by atoms with Crippen molar-refractivity contribution in [2.24, 2.45) is 0 Å². The number of esters is 1. The number of nitrogens with zero attached hydrogens (tertiary/aromatic N) is 2. The van der Waals surface area contributed by atoms with Gasteiger partial charge < -0.3 is 10.1 Å². The van der Waals surface area contributed by atoms with E-state index in [1.807, 2.05) is 30.5 Å². The van der Waals surface area contributed by atoms with E-state index < -0.39 is 5.97 Å². The van der Waals surface area contributed by atoms with Crippen LogP contribution in [0.15, 0.2) is 35.5 Å². The van der Waals surface area contributed by atoms with Gasteiger partial charge in [0.2, 0.25) is 0 Å². The quantitative estimate of drug-likeness (QED) is 0.278. The Morgan fingerprint density at radius 2 is 2.00 bits per heavy atom. The minimum Gasteiger partial charge on any atom is -0.466 e. The lowest BCUT2D eigenvalue weighted by Gasteiger charge is -2.19. The van der Waals surface area contributed by atoms with Gasteiger partial charge in [-0.25, -0.2) is 14.8 Å². The number of nitrogens with one attached hydrogen (secondary N) is 1. The summed E-state index contributed by atoms with van der Waals surface area (Å²) in [7, 11) is 1.35. The summed E-state index contributed by atoms with van der Waals surface area (Å²) in [5.41, 5.74) is 2.17. The first-order valence-corrected chi connectivity index (χ1v) is 10.4. The van der Waals surface area contributed by atoms with E-state index in [1.54, 1.807) is 6.08 Å². The molecule has 0 saturated heterocycles. The second-order valence-electron chi connectivity index (χ2n) is 5.82. The molecule has 1 aromatic carbocycles. The molecule has 0 spiro atoms. The predicted octanol–water partition coefficient (Wildman–Crippen LogP) is 5.31. The fourth-order valence-electron chi connectivity index (χ4n) is 2.57. The van der Waals surface area contributed by atoms with Gasteiger partial charge in [0.25, 0.3) is 0 Å².